The molecule has 0 spiro atoms. The lowest BCUT2D eigenvalue weighted by molar-refractivity contribution is -0.896. The highest BCUT2D eigenvalue weighted by Crippen LogP contribution is 2.31. The van der Waals surface area contributed by atoms with Crippen LogP contribution in [0.5, 0.6) is 0 Å². The third-order valence-corrected chi connectivity index (χ3v) is 7.54. The van der Waals surface area contributed by atoms with E-state index in [1.54, 1.807) is 0 Å². The number of carbonyl (C=O) groups excluding carboxylic acids is 2. The number of nitrogens with one attached hydrogen (secondary N) is 1. The predicted molar refractivity (Wildman–Crippen MR) is 120 cm³/mol. The van der Waals surface area contributed by atoms with Crippen molar-refractivity contribution in [3.05, 3.63) is 59.1 Å². The fourth-order valence-electron chi connectivity index (χ4n) is 4.59. The van der Waals surface area contributed by atoms with Crippen molar-refractivity contribution >= 4 is 38.9 Å². The number of rotatable bonds is 5. The number of nitrogens with zero attached hydrogens (tertiary/aromatic N) is 2. The number of fused-ring (bicyclic) bond motifs is 1. The van der Waals surface area contributed by atoms with E-state index in [1.165, 1.54) is 14.6 Å². The first-order valence-corrected chi connectivity index (χ1v) is 11.6. The lowest BCUT2D eigenvalue weighted by Crippen LogP contribution is -3.13. The van der Waals surface area contributed by atoms with Gasteiger partial charge in [0.2, 0.25) is 11.7 Å². The van der Waals surface area contributed by atoms with E-state index < -0.39 is 0 Å². The summed E-state index contributed by atoms with van der Waals surface area (Å²) in [7, 11) is 0. The number of hydrogen-bond acceptors (Lipinski definition) is 4. The summed E-state index contributed by atoms with van der Waals surface area (Å²) >= 11 is 1.81. The minimum absolute atomic E-state index is 0.175. The molecular weight excluding hydrogens is 394 g/mol. The summed E-state index contributed by atoms with van der Waals surface area (Å²) in [5.74, 6) is 0.871. The number of carbonyl (C=O) groups is 2. The first-order valence-electron chi connectivity index (χ1n) is 10.8. The fraction of sp³-hybridized carbons (Fsp3) is 0.375. The maximum atomic E-state index is 12.8. The Balaban J connectivity index is 1.17. The molecule has 5 nitrogen and oxygen atoms in total. The number of ketones is 1. The molecule has 0 atom stereocenters. The van der Waals surface area contributed by atoms with E-state index in [1.807, 2.05) is 46.6 Å². The van der Waals surface area contributed by atoms with Gasteiger partial charge in [-0.15, -0.1) is 11.3 Å². The summed E-state index contributed by atoms with van der Waals surface area (Å²) in [6.45, 7) is 3.33. The molecule has 30 heavy (non-hydrogen) atoms. The number of Topliss-reactive ketones (excluding diaryl/α,β-unsaturated/α-hetero) is 1. The smallest absolute Gasteiger partial charge is 0.227 e. The van der Waals surface area contributed by atoms with Crippen LogP contribution in [0.15, 0.2) is 48.5 Å². The van der Waals surface area contributed by atoms with Gasteiger partial charge < -0.3 is 9.80 Å². The zero-order chi connectivity index (χ0) is 20.5. The molecule has 154 valence electrons. The Labute approximate surface area is 180 Å². The van der Waals surface area contributed by atoms with Crippen molar-refractivity contribution in [3.63, 3.8) is 0 Å². The van der Waals surface area contributed by atoms with Crippen molar-refractivity contribution in [2.75, 3.05) is 31.1 Å². The van der Waals surface area contributed by atoms with E-state index >= 15 is 0 Å². The molecule has 1 amide bonds. The number of amides is 1. The van der Waals surface area contributed by atoms with Crippen LogP contribution in [0.1, 0.15) is 47.0 Å². The molecule has 1 N–H and O–H groups in total. The average molecular weight is 421 g/mol. The number of benzene rings is 2. The molecule has 1 aromatic heterocycles. The van der Waals surface area contributed by atoms with Crippen LogP contribution in [0.4, 0.5) is 5.69 Å². The number of thiazole rings is 1. The first-order chi connectivity index (χ1) is 14.7. The number of quaternary nitrogens is 1. The highest BCUT2D eigenvalue weighted by Gasteiger charge is 2.27. The van der Waals surface area contributed by atoms with Crippen LogP contribution in [0.2, 0.25) is 0 Å². The molecule has 0 saturated carbocycles. The van der Waals surface area contributed by atoms with Gasteiger partial charge in [-0.3, -0.25) is 9.59 Å². The number of para-hydroxylation sites is 1. The van der Waals surface area contributed by atoms with E-state index in [9.17, 15) is 9.59 Å². The maximum absolute atomic E-state index is 12.8. The van der Waals surface area contributed by atoms with Crippen molar-refractivity contribution in [1.29, 1.82) is 0 Å². The van der Waals surface area contributed by atoms with Crippen molar-refractivity contribution in [3.8, 4) is 0 Å². The zero-order valence-corrected chi connectivity index (χ0v) is 17.8. The summed E-state index contributed by atoms with van der Waals surface area (Å²) in [6.07, 6.45) is 3.70. The number of aromatic nitrogens is 1. The molecule has 2 saturated heterocycles. The second-order valence-corrected chi connectivity index (χ2v) is 9.40. The molecule has 2 aromatic carbocycles. The Kier molecular flexibility index (Phi) is 5.35. The van der Waals surface area contributed by atoms with Crippen molar-refractivity contribution in [2.24, 2.45) is 0 Å². The molecule has 0 unspecified atom stereocenters. The van der Waals surface area contributed by atoms with E-state index in [4.69, 9.17) is 4.98 Å². The van der Waals surface area contributed by atoms with Crippen LogP contribution in [-0.4, -0.2) is 42.9 Å². The molecule has 2 fully saturated rings. The van der Waals surface area contributed by atoms with Crippen LogP contribution >= 0.6 is 11.3 Å². The van der Waals surface area contributed by atoms with Crippen molar-refractivity contribution in [1.82, 2.24) is 4.98 Å². The predicted octanol–water partition coefficient (Wildman–Crippen LogP) is 3.07. The van der Waals surface area contributed by atoms with Crippen molar-refractivity contribution in [2.45, 2.75) is 31.6 Å². The molecule has 3 heterocycles. The molecule has 2 aliphatic rings. The third kappa shape index (κ3) is 3.89. The number of hydrogen-bond donors (Lipinski definition) is 1. The Morgan fingerprint density at radius 1 is 1.10 bits per heavy atom. The highest BCUT2D eigenvalue weighted by molar-refractivity contribution is 7.18. The topological polar surface area (TPSA) is 54.7 Å². The minimum Gasteiger partial charge on any atom is -0.328 e. The first kappa shape index (κ1) is 19.4. The fourth-order valence-corrected chi connectivity index (χ4v) is 5.73. The van der Waals surface area contributed by atoms with Gasteiger partial charge in [-0.2, -0.15) is 0 Å². The van der Waals surface area contributed by atoms with Gasteiger partial charge in [0.25, 0.3) is 0 Å². The van der Waals surface area contributed by atoms with Crippen molar-refractivity contribution < 1.29 is 14.5 Å². The van der Waals surface area contributed by atoms with Crippen LogP contribution in [0.3, 0.4) is 0 Å². The van der Waals surface area contributed by atoms with Gasteiger partial charge in [0.1, 0.15) is 6.54 Å². The summed E-state index contributed by atoms with van der Waals surface area (Å²) in [4.78, 5) is 32.7. The summed E-state index contributed by atoms with van der Waals surface area (Å²) < 4.78 is 1.26. The molecule has 0 aliphatic carbocycles. The molecule has 5 rings (SSSR count). The monoisotopic (exact) mass is 420 g/mol. The van der Waals surface area contributed by atoms with Gasteiger partial charge in [0.15, 0.2) is 0 Å². The zero-order valence-electron chi connectivity index (χ0n) is 17.0. The lowest BCUT2D eigenvalue weighted by atomic mass is 9.97. The Morgan fingerprint density at radius 3 is 2.57 bits per heavy atom. The van der Waals surface area contributed by atoms with Crippen LogP contribution in [-0.2, 0) is 4.79 Å². The quantitative estimate of drug-likeness (QED) is 0.646. The molecule has 3 aromatic rings. The van der Waals surface area contributed by atoms with E-state index in [-0.39, 0.29) is 11.7 Å². The number of likely N-dealkylation sites (tertiary alicyclic amines) is 1. The van der Waals surface area contributed by atoms with Gasteiger partial charge in [-0.05, 0) is 42.8 Å². The average Bonchev–Trinajstić information content (AvgIpc) is 3.40. The van der Waals surface area contributed by atoms with Gasteiger partial charge in [-0.25, -0.2) is 4.98 Å². The van der Waals surface area contributed by atoms with E-state index in [0.29, 0.717) is 18.9 Å². The largest absolute Gasteiger partial charge is 0.328 e. The summed E-state index contributed by atoms with van der Waals surface area (Å²) in [5, 5.41) is 1.24. The van der Waals surface area contributed by atoms with E-state index in [0.717, 1.165) is 55.7 Å². The van der Waals surface area contributed by atoms with Crippen LogP contribution < -0.4 is 9.80 Å². The number of piperidine rings is 1. The minimum atomic E-state index is 0.175. The SMILES string of the molecule is O=C(C[NH+]1CCC(c2nc3ccccc3s2)CC1)c1ccc(N2CCCC2=O)cc1. The van der Waals surface area contributed by atoms with Gasteiger partial charge >= 0.3 is 0 Å². The molecule has 2 aliphatic heterocycles. The Bertz CT molecular complexity index is 1030. The van der Waals surface area contributed by atoms with Gasteiger partial charge in [0.05, 0.1) is 28.3 Å². The van der Waals surface area contributed by atoms with E-state index in [2.05, 4.69) is 18.2 Å². The third-order valence-electron chi connectivity index (χ3n) is 6.34. The second kappa shape index (κ2) is 8.28. The molecule has 0 bridgehead atoms. The highest BCUT2D eigenvalue weighted by atomic mass is 32.1. The molecular formula is C24H26N3O2S+. The summed E-state index contributed by atoms with van der Waals surface area (Å²) in [5.41, 5.74) is 2.74. The van der Waals surface area contributed by atoms with Crippen LogP contribution in [0, 0.1) is 0 Å². The lowest BCUT2D eigenvalue weighted by Gasteiger charge is -2.27. The molecule has 6 heteroatoms. The normalized spacial score (nSPS) is 22.0. The Hall–Kier alpha value is -2.57. The number of anilines is 1. The maximum Gasteiger partial charge on any atom is 0.227 e. The summed E-state index contributed by atoms with van der Waals surface area (Å²) in [6, 6.07) is 15.9. The van der Waals surface area contributed by atoms with Gasteiger partial charge in [-0.1, -0.05) is 12.1 Å². The van der Waals surface area contributed by atoms with Gasteiger partial charge in [0, 0.05) is 43.0 Å². The van der Waals surface area contributed by atoms with Crippen LogP contribution in [0.25, 0.3) is 10.2 Å². The Morgan fingerprint density at radius 2 is 1.87 bits per heavy atom. The standard InChI is InChI=1S/C24H25N3O2S/c28-21(17-7-9-19(10-8-17)27-13-3-6-23(27)29)16-26-14-11-18(12-15-26)24-25-20-4-1-2-5-22(20)30-24/h1-2,4-5,7-10,18H,3,6,11-16H2/p+1. The molecule has 0 radical (unpaired) electrons. The second-order valence-electron chi connectivity index (χ2n) is 8.34.